The van der Waals surface area contributed by atoms with Crippen LogP contribution >= 0.6 is 0 Å². The van der Waals surface area contributed by atoms with Gasteiger partial charge in [0.15, 0.2) is 5.75 Å². The molecule has 0 fully saturated rings. The van der Waals surface area contributed by atoms with Gasteiger partial charge in [-0.3, -0.25) is 4.68 Å². The van der Waals surface area contributed by atoms with Crippen molar-refractivity contribution in [3.8, 4) is 5.75 Å². The molecular weight excluding hydrogens is 206 g/mol. The first-order valence-corrected chi connectivity index (χ1v) is 5.54. The summed E-state index contributed by atoms with van der Waals surface area (Å²) in [6.07, 6.45) is 2.80. The highest BCUT2D eigenvalue weighted by atomic mass is 16.5. The van der Waals surface area contributed by atoms with Crippen LogP contribution in [0.4, 0.5) is 0 Å². The summed E-state index contributed by atoms with van der Waals surface area (Å²) < 4.78 is 12.5. The van der Waals surface area contributed by atoms with Crippen LogP contribution in [0, 0.1) is 0 Å². The Labute approximate surface area is 96.7 Å². The second-order valence-corrected chi connectivity index (χ2v) is 3.62. The number of nitrogens with one attached hydrogen (secondary N) is 1. The molecule has 0 spiro atoms. The maximum absolute atomic E-state index is 5.32. The molecule has 0 saturated heterocycles. The van der Waals surface area contributed by atoms with Crippen molar-refractivity contribution in [2.45, 2.75) is 25.9 Å². The van der Waals surface area contributed by atoms with E-state index in [0.29, 0.717) is 6.61 Å². The van der Waals surface area contributed by atoms with Gasteiger partial charge in [-0.1, -0.05) is 6.92 Å². The summed E-state index contributed by atoms with van der Waals surface area (Å²) >= 11 is 0. The Morgan fingerprint density at radius 2 is 2.25 bits per heavy atom. The summed E-state index contributed by atoms with van der Waals surface area (Å²) in [6, 6.07) is 0.106. The van der Waals surface area contributed by atoms with Gasteiger partial charge in [-0.2, -0.15) is 5.10 Å². The molecule has 0 bridgehead atoms. The number of nitrogens with zero attached hydrogens (tertiary/aromatic N) is 2. The molecule has 0 saturated carbocycles. The molecule has 1 heterocycles. The maximum Gasteiger partial charge on any atom is 0.161 e. The number of rotatable bonds is 7. The van der Waals surface area contributed by atoms with Crippen LogP contribution in [0.2, 0.25) is 0 Å². The van der Waals surface area contributed by atoms with Crippen molar-refractivity contribution in [1.29, 1.82) is 0 Å². The normalized spacial score (nSPS) is 12.8. The zero-order chi connectivity index (χ0) is 12.0. The third kappa shape index (κ3) is 2.74. The number of methoxy groups -OCH3 is 2. The number of aryl methyl sites for hydroxylation is 1. The van der Waals surface area contributed by atoms with Crippen LogP contribution in [0.3, 0.4) is 0 Å². The van der Waals surface area contributed by atoms with Gasteiger partial charge in [0, 0.05) is 13.7 Å². The standard InChI is InChI=1S/C11H21N3O2/c1-5-6-14-11(9(12-2)8-15-3)10(16-4)7-13-14/h7,9,12H,5-6,8H2,1-4H3. The predicted octanol–water partition coefficient (Wildman–Crippen LogP) is 1.21. The van der Waals surface area contributed by atoms with Crippen molar-refractivity contribution in [2.24, 2.45) is 0 Å². The summed E-state index contributed by atoms with van der Waals surface area (Å²) in [5.41, 5.74) is 1.05. The largest absolute Gasteiger partial charge is 0.493 e. The van der Waals surface area contributed by atoms with Crippen molar-refractivity contribution in [3.05, 3.63) is 11.9 Å². The molecule has 1 unspecified atom stereocenters. The molecule has 0 amide bonds. The number of likely N-dealkylation sites (N-methyl/N-ethyl adjacent to an activating group) is 1. The second kappa shape index (κ2) is 6.50. The third-order valence-electron chi connectivity index (χ3n) is 2.51. The van der Waals surface area contributed by atoms with Crippen molar-refractivity contribution >= 4 is 0 Å². The molecule has 5 nitrogen and oxygen atoms in total. The van der Waals surface area contributed by atoms with E-state index in [1.165, 1.54) is 0 Å². The zero-order valence-electron chi connectivity index (χ0n) is 10.5. The fraction of sp³-hybridized carbons (Fsp3) is 0.727. The first-order chi connectivity index (χ1) is 7.78. The second-order valence-electron chi connectivity index (χ2n) is 3.62. The molecular formula is C11H21N3O2. The van der Waals surface area contributed by atoms with E-state index >= 15 is 0 Å². The highest BCUT2D eigenvalue weighted by Gasteiger charge is 2.20. The minimum atomic E-state index is 0.106. The average molecular weight is 227 g/mol. The van der Waals surface area contributed by atoms with Gasteiger partial charge in [-0.25, -0.2) is 0 Å². The number of hydrogen-bond acceptors (Lipinski definition) is 4. The van der Waals surface area contributed by atoms with Crippen molar-refractivity contribution in [3.63, 3.8) is 0 Å². The van der Waals surface area contributed by atoms with Gasteiger partial charge in [-0.05, 0) is 13.5 Å². The first kappa shape index (κ1) is 13.0. The monoisotopic (exact) mass is 227 g/mol. The fourth-order valence-electron chi connectivity index (χ4n) is 1.74. The van der Waals surface area contributed by atoms with Crippen LogP contribution in [0.1, 0.15) is 25.1 Å². The zero-order valence-corrected chi connectivity index (χ0v) is 10.5. The van der Waals surface area contributed by atoms with E-state index < -0.39 is 0 Å². The topological polar surface area (TPSA) is 48.3 Å². The van der Waals surface area contributed by atoms with E-state index in [1.54, 1.807) is 20.4 Å². The Hall–Kier alpha value is -1.07. The predicted molar refractivity (Wildman–Crippen MR) is 62.7 cm³/mol. The van der Waals surface area contributed by atoms with Gasteiger partial charge in [0.2, 0.25) is 0 Å². The highest BCUT2D eigenvalue weighted by Crippen LogP contribution is 2.25. The molecule has 16 heavy (non-hydrogen) atoms. The lowest BCUT2D eigenvalue weighted by Crippen LogP contribution is -2.25. The van der Waals surface area contributed by atoms with E-state index in [2.05, 4.69) is 17.3 Å². The molecule has 1 atom stereocenters. The highest BCUT2D eigenvalue weighted by molar-refractivity contribution is 5.28. The van der Waals surface area contributed by atoms with Gasteiger partial charge in [0.25, 0.3) is 0 Å². The summed E-state index contributed by atoms with van der Waals surface area (Å²) in [6.45, 7) is 3.62. The fourth-order valence-corrected chi connectivity index (χ4v) is 1.74. The Balaban J connectivity index is 2.99. The number of ether oxygens (including phenoxy) is 2. The molecule has 1 aromatic rings. The summed E-state index contributed by atoms with van der Waals surface area (Å²) in [5.74, 6) is 0.810. The molecule has 92 valence electrons. The Bertz CT molecular complexity index is 312. The van der Waals surface area contributed by atoms with Crippen LogP contribution in [-0.2, 0) is 11.3 Å². The van der Waals surface area contributed by atoms with Gasteiger partial charge < -0.3 is 14.8 Å². The van der Waals surface area contributed by atoms with Crippen molar-refractivity contribution in [1.82, 2.24) is 15.1 Å². The SMILES string of the molecule is CCCn1ncc(OC)c1C(COC)NC. The average Bonchev–Trinajstić information content (AvgIpc) is 2.69. The quantitative estimate of drug-likeness (QED) is 0.760. The first-order valence-electron chi connectivity index (χ1n) is 5.54. The molecule has 0 aromatic carbocycles. The Morgan fingerprint density at radius 1 is 1.50 bits per heavy atom. The molecule has 0 aliphatic carbocycles. The van der Waals surface area contributed by atoms with E-state index in [1.807, 2.05) is 11.7 Å². The van der Waals surface area contributed by atoms with E-state index in [0.717, 1.165) is 24.4 Å². The molecule has 5 heteroatoms. The lowest BCUT2D eigenvalue weighted by Gasteiger charge is -2.18. The van der Waals surface area contributed by atoms with Crippen LogP contribution in [0.15, 0.2) is 6.20 Å². The van der Waals surface area contributed by atoms with Crippen LogP contribution in [0.5, 0.6) is 5.75 Å². The minimum absolute atomic E-state index is 0.106. The van der Waals surface area contributed by atoms with Crippen LogP contribution in [0.25, 0.3) is 0 Å². The van der Waals surface area contributed by atoms with E-state index in [9.17, 15) is 0 Å². The van der Waals surface area contributed by atoms with Gasteiger partial charge >= 0.3 is 0 Å². The summed E-state index contributed by atoms with van der Waals surface area (Å²) in [7, 11) is 5.26. The minimum Gasteiger partial charge on any atom is -0.493 e. The summed E-state index contributed by atoms with van der Waals surface area (Å²) in [4.78, 5) is 0. The van der Waals surface area contributed by atoms with Crippen LogP contribution < -0.4 is 10.1 Å². The van der Waals surface area contributed by atoms with E-state index in [-0.39, 0.29) is 6.04 Å². The van der Waals surface area contributed by atoms with Crippen molar-refractivity contribution in [2.75, 3.05) is 27.9 Å². The molecule has 1 aromatic heterocycles. The molecule has 1 rings (SSSR count). The third-order valence-corrected chi connectivity index (χ3v) is 2.51. The lowest BCUT2D eigenvalue weighted by atomic mass is 10.2. The van der Waals surface area contributed by atoms with E-state index in [4.69, 9.17) is 9.47 Å². The molecule has 0 aliphatic rings. The Kier molecular flexibility index (Phi) is 5.28. The smallest absolute Gasteiger partial charge is 0.161 e. The number of hydrogen-bond donors (Lipinski definition) is 1. The van der Waals surface area contributed by atoms with Gasteiger partial charge in [-0.15, -0.1) is 0 Å². The Morgan fingerprint density at radius 3 is 2.75 bits per heavy atom. The van der Waals surface area contributed by atoms with Gasteiger partial charge in [0.1, 0.15) is 0 Å². The number of aromatic nitrogens is 2. The molecule has 0 aliphatic heterocycles. The van der Waals surface area contributed by atoms with Crippen LogP contribution in [-0.4, -0.2) is 37.7 Å². The van der Waals surface area contributed by atoms with Crippen molar-refractivity contribution < 1.29 is 9.47 Å². The maximum atomic E-state index is 5.32. The lowest BCUT2D eigenvalue weighted by molar-refractivity contribution is 0.165. The van der Waals surface area contributed by atoms with Gasteiger partial charge in [0.05, 0.1) is 31.6 Å². The molecule has 1 N–H and O–H groups in total. The summed E-state index contributed by atoms with van der Waals surface area (Å²) in [5, 5.41) is 7.54. The molecule has 0 radical (unpaired) electrons.